The van der Waals surface area contributed by atoms with Gasteiger partial charge in [-0.05, 0) is 43.2 Å². The molecule has 30 heavy (non-hydrogen) atoms. The molecule has 0 radical (unpaired) electrons. The molecule has 3 aromatic rings. The molecular weight excluding hydrogens is 378 g/mol. The van der Waals surface area contributed by atoms with Gasteiger partial charge in [-0.25, -0.2) is 4.98 Å². The van der Waals surface area contributed by atoms with Crippen LogP contribution in [0.2, 0.25) is 0 Å². The number of benzene rings is 1. The maximum atomic E-state index is 13.0. The van der Waals surface area contributed by atoms with Crippen LogP contribution >= 0.6 is 0 Å². The van der Waals surface area contributed by atoms with Crippen LogP contribution in [0.25, 0.3) is 10.9 Å². The average molecular weight is 408 g/mol. The Balaban J connectivity index is 1.29. The van der Waals surface area contributed by atoms with E-state index in [1.54, 1.807) is 12.5 Å². The largest absolute Gasteiger partial charge is 0.354 e. The van der Waals surface area contributed by atoms with E-state index in [2.05, 4.69) is 33.1 Å². The van der Waals surface area contributed by atoms with Gasteiger partial charge in [0.2, 0.25) is 11.8 Å². The van der Waals surface area contributed by atoms with E-state index in [1.807, 2.05) is 34.7 Å². The minimum absolute atomic E-state index is 0.0571. The first-order chi connectivity index (χ1) is 14.6. The van der Waals surface area contributed by atoms with E-state index in [1.165, 1.54) is 0 Å². The van der Waals surface area contributed by atoms with E-state index >= 15 is 0 Å². The molecule has 0 bridgehead atoms. The van der Waals surface area contributed by atoms with Crippen LogP contribution in [0.15, 0.2) is 49.1 Å². The standard InChI is InChI=1S/C23H29N5O2/c1-18-13-20-6-2-3-7-21(20)28(18)16-23(30)27-10-4-5-19(15-27)14-22(29)25-9-12-26-11-8-24-17-26/h2-3,6-8,11,13,17,19H,4-5,9-10,12,14-16H2,1H3,(H,25,29)/t19-/m1/s1. The van der Waals surface area contributed by atoms with Gasteiger partial charge < -0.3 is 19.4 Å². The summed E-state index contributed by atoms with van der Waals surface area (Å²) in [5, 5.41) is 4.14. The lowest BCUT2D eigenvalue weighted by molar-refractivity contribution is -0.134. The van der Waals surface area contributed by atoms with Crippen LogP contribution in [0, 0.1) is 12.8 Å². The molecule has 0 spiro atoms. The maximum Gasteiger partial charge on any atom is 0.242 e. The Morgan fingerprint density at radius 2 is 2.13 bits per heavy atom. The molecule has 1 N–H and O–H groups in total. The van der Waals surface area contributed by atoms with Crippen molar-refractivity contribution in [3.05, 3.63) is 54.7 Å². The summed E-state index contributed by atoms with van der Waals surface area (Å²) in [4.78, 5) is 31.2. The summed E-state index contributed by atoms with van der Waals surface area (Å²) >= 11 is 0. The van der Waals surface area contributed by atoms with Gasteiger partial charge in [0.25, 0.3) is 0 Å². The summed E-state index contributed by atoms with van der Waals surface area (Å²) in [7, 11) is 0. The van der Waals surface area contributed by atoms with Crippen LogP contribution in [0.5, 0.6) is 0 Å². The Morgan fingerprint density at radius 3 is 2.97 bits per heavy atom. The van der Waals surface area contributed by atoms with Crippen LogP contribution < -0.4 is 5.32 Å². The fourth-order valence-electron chi connectivity index (χ4n) is 4.33. The summed E-state index contributed by atoms with van der Waals surface area (Å²) in [5.41, 5.74) is 2.18. The first-order valence-corrected chi connectivity index (χ1v) is 10.7. The molecule has 2 aromatic heterocycles. The third-order valence-corrected chi connectivity index (χ3v) is 5.91. The fourth-order valence-corrected chi connectivity index (χ4v) is 4.33. The molecule has 7 heteroatoms. The number of carbonyl (C=O) groups is 2. The highest BCUT2D eigenvalue weighted by Gasteiger charge is 2.25. The number of rotatable bonds is 7. The molecule has 7 nitrogen and oxygen atoms in total. The van der Waals surface area contributed by atoms with Gasteiger partial charge in [-0.1, -0.05) is 18.2 Å². The Kier molecular flexibility index (Phi) is 6.16. The second-order valence-corrected chi connectivity index (χ2v) is 8.13. The number of nitrogens with one attached hydrogen (secondary N) is 1. The van der Waals surface area contributed by atoms with Gasteiger partial charge in [0, 0.05) is 56.2 Å². The van der Waals surface area contributed by atoms with E-state index in [0.717, 1.165) is 36.0 Å². The van der Waals surface area contributed by atoms with Gasteiger partial charge in [0.05, 0.1) is 6.33 Å². The topological polar surface area (TPSA) is 72.2 Å². The van der Waals surface area contributed by atoms with Gasteiger partial charge in [0.15, 0.2) is 0 Å². The lowest BCUT2D eigenvalue weighted by Gasteiger charge is -2.33. The summed E-state index contributed by atoms with van der Waals surface area (Å²) in [6.07, 6.45) is 7.76. The first-order valence-electron chi connectivity index (χ1n) is 10.7. The van der Waals surface area contributed by atoms with Gasteiger partial charge in [0.1, 0.15) is 6.54 Å². The number of imidazole rings is 1. The number of fused-ring (bicyclic) bond motifs is 1. The number of piperidine rings is 1. The Bertz CT molecular complexity index is 1010. The molecule has 1 saturated heterocycles. The number of amides is 2. The van der Waals surface area contributed by atoms with E-state index in [0.29, 0.717) is 32.6 Å². The third-order valence-electron chi connectivity index (χ3n) is 5.91. The molecule has 4 rings (SSSR count). The van der Waals surface area contributed by atoms with Crippen molar-refractivity contribution in [3.63, 3.8) is 0 Å². The molecule has 3 heterocycles. The number of para-hydroxylation sites is 1. The second kappa shape index (κ2) is 9.15. The molecule has 1 aliphatic rings. The monoisotopic (exact) mass is 407 g/mol. The zero-order valence-corrected chi connectivity index (χ0v) is 17.5. The van der Waals surface area contributed by atoms with E-state index in [4.69, 9.17) is 0 Å². The minimum atomic E-state index is 0.0571. The molecule has 1 atom stereocenters. The van der Waals surface area contributed by atoms with Gasteiger partial charge in [-0.2, -0.15) is 0 Å². The maximum absolute atomic E-state index is 13.0. The number of aromatic nitrogens is 3. The highest BCUT2D eigenvalue weighted by atomic mass is 16.2. The van der Waals surface area contributed by atoms with Crippen LogP contribution in [0.1, 0.15) is 25.0 Å². The number of aryl methyl sites for hydroxylation is 1. The number of likely N-dealkylation sites (tertiary alicyclic amines) is 1. The Labute approximate surface area is 176 Å². The van der Waals surface area contributed by atoms with Crippen molar-refractivity contribution < 1.29 is 9.59 Å². The molecule has 0 unspecified atom stereocenters. The van der Waals surface area contributed by atoms with Crippen molar-refractivity contribution in [1.82, 2.24) is 24.3 Å². The predicted molar refractivity (Wildman–Crippen MR) is 116 cm³/mol. The van der Waals surface area contributed by atoms with E-state index < -0.39 is 0 Å². The minimum Gasteiger partial charge on any atom is -0.354 e. The van der Waals surface area contributed by atoms with Crippen LogP contribution in [-0.4, -0.2) is 50.5 Å². The van der Waals surface area contributed by atoms with Crippen LogP contribution in [-0.2, 0) is 22.7 Å². The molecule has 0 aliphatic carbocycles. The Hall–Kier alpha value is -3.09. The second-order valence-electron chi connectivity index (χ2n) is 8.13. The van der Waals surface area contributed by atoms with Gasteiger partial charge in [-0.3, -0.25) is 9.59 Å². The first kappa shape index (κ1) is 20.2. The highest BCUT2D eigenvalue weighted by molar-refractivity contribution is 5.84. The van der Waals surface area contributed by atoms with Crippen molar-refractivity contribution in [2.75, 3.05) is 19.6 Å². The molecule has 0 saturated carbocycles. The zero-order valence-electron chi connectivity index (χ0n) is 17.5. The lowest BCUT2D eigenvalue weighted by Crippen LogP contribution is -2.43. The third kappa shape index (κ3) is 4.72. The summed E-state index contributed by atoms with van der Waals surface area (Å²) in [6, 6.07) is 10.3. The van der Waals surface area contributed by atoms with Gasteiger partial charge in [-0.15, -0.1) is 0 Å². The zero-order chi connectivity index (χ0) is 20.9. The SMILES string of the molecule is Cc1cc2ccccc2n1CC(=O)N1CCC[C@H](CC(=O)NCCn2ccnc2)C1. The quantitative estimate of drug-likeness (QED) is 0.654. The predicted octanol–water partition coefficient (Wildman–Crippen LogP) is 2.59. The van der Waals surface area contributed by atoms with E-state index in [-0.39, 0.29) is 17.7 Å². The number of hydrogen-bond donors (Lipinski definition) is 1. The molecule has 158 valence electrons. The van der Waals surface area contributed by atoms with Crippen molar-refractivity contribution in [2.24, 2.45) is 5.92 Å². The number of hydrogen-bond acceptors (Lipinski definition) is 3. The normalized spacial score (nSPS) is 16.7. The van der Waals surface area contributed by atoms with Crippen molar-refractivity contribution in [1.29, 1.82) is 0 Å². The van der Waals surface area contributed by atoms with Gasteiger partial charge >= 0.3 is 0 Å². The highest BCUT2D eigenvalue weighted by Crippen LogP contribution is 2.22. The van der Waals surface area contributed by atoms with Crippen LogP contribution in [0.4, 0.5) is 0 Å². The fraction of sp³-hybridized carbons (Fsp3) is 0.435. The molecule has 2 amide bonds. The van der Waals surface area contributed by atoms with Crippen LogP contribution in [0.3, 0.4) is 0 Å². The molecule has 1 fully saturated rings. The lowest BCUT2D eigenvalue weighted by atomic mass is 9.94. The number of carbonyl (C=O) groups excluding carboxylic acids is 2. The molecule has 1 aliphatic heterocycles. The summed E-state index contributed by atoms with van der Waals surface area (Å²) in [5.74, 6) is 0.407. The Morgan fingerprint density at radius 1 is 1.27 bits per heavy atom. The molecule has 1 aromatic carbocycles. The average Bonchev–Trinajstić information content (AvgIpc) is 3.36. The number of nitrogens with zero attached hydrogens (tertiary/aromatic N) is 4. The summed E-state index contributed by atoms with van der Waals surface area (Å²) in [6.45, 7) is 5.13. The smallest absolute Gasteiger partial charge is 0.242 e. The van der Waals surface area contributed by atoms with Crippen molar-refractivity contribution in [2.45, 2.75) is 39.3 Å². The molecular formula is C23H29N5O2. The summed E-state index contributed by atoms with van der Waals surface area (Å²) < 4.78 is 4.03. The van der Waals surface area contributed by atoms with Crippen molar-refractivity contribution >= 4 is 22.7 Å². The van der Waals surface area contributed by atoms with E-state index in [9.17, 15) is 9.59 Å². The van der Waals surface area contributed by atoms with Crippen molar-refractivity contribution in [3.8, 4) is 0 Å².